The normalized spacial score (nSPS) is 10.6. The first-order valence-electron chi connectivity index (χ1n) is 5.34. The van der Waals surface area contributed by atoms with Crippen LogP contribution in [0.2, 0.25) is 0 Å². The summed E-state index contributed by atoms with van der Waals surface area (Å²) in [5.74, 6) is -0.259. The van der Waals surface area contributed by atoms with E-state index < -0.39 is 5.97 Å². The smallest absolute Gasteiger partial charge is 0.323 e. The Morgan fingerprint density at radius 2 is 2.35 bits per heavy atom. The lowest BCUT2D eigenvalue weighted by Crippen LogP contribution is -2.31. The second-order valence-corrected chi connectivity index (χ2v) is 3.64. The first-order chi connectivity index (χ1) is 8.20. The summed E-state index contributed by atoms with van der Waals surface area (Å²) >= 11 is 0. The average molecular weight is 235 g/mol. The van der Waals surface area contributed by atoms with Crippen LogP contribution in [0.15, 0.2) is 18.5 Å². The van der Waals surface area contributed by atoms with Gasteiger partial charge in [-0.15, -0.1) is 15.3 Å². The number of carboxylic acid groups (broad SMARTS) is 1. The first-order valence-corrected chi connectivity index (χ1v) is 5.34. The zero-order valence-electron chi connectivity index (χ0n) is 9.44. The fourth-order valence-corrected chi connectivity index (χ4v) is 1.59. The summed E-state index contributed by atoms with van der Waals surface area (Å²) < 4.78 is 1.53. The van der Waals surface area contributed by atoms with E-state index in [0.717, 1.165) is 6.42 Å². The molecule has 0 saturated heterocycles. The van der Waals surface area contributed by atoms with Crippen LogP contribution >= 0.6 is 0 Å². The lowest BCUT2D eigenvalue weighted by molar-refractivity contribution is -0.135. The van der Waals surface area contributed by atoms with Gasteiger partial charge in [0.15, 0.2) is 5.65 Å². The van der Waals surface area contributed by atoms with Crippen LogP contribution < -0.4 is 4.90 Å². The molecule has 7 nitrogen and oxygen atoms in total. The number of fused-ring (bicyclic) bond motifs is 1. The van der Waals surface area contributed by atoms with Crippen LogP contribution in [0.4, 0.5) is 5.82 Å². The molecule has 2 heterocycles. The second-order valence-electron chi connectivity index (χ2n) is 3.64. The predicted octanol–water partition coefficient (Wildman–Crippen LogP) is 0.425. The number of nitrogens with zero attached hydrogens (tertiary/aromatic N) is 5. The van der Waals surface area contributed by atoms with Crippen LogP contribution in [0.3, 0.4) is 0 Å². The van der Waals surface area contributed by atoms with Gasteiger partial charge in [-0.2, -0.15) is 4.52 Å². The minimum Gasteiger partial charge on any atom is -0.480 e. The molecule has 7 heteroatoms. The number of hydrogen-bond donors (Lipinski definition) is 1. The molecule has 0 fully saturated rings. The zero-order chi connectivity index (χ0) is 12.3. The van der Waals surface area contributed by atoms with Gasteiger partial charge >= 0.3 is 5.97 Å². The highest BCUT2D eigenvalue weighted by atomic mass is 16.4. The zero-order valence-corrected chi connectivity index (χ0v) is 9.44. The summed E-state index contributed by atoms with van der Waals surface area (Å²) in [4.78, 5) is 12.5. The quantitative estimate of drug-likeness (QED) is 0.808. The molecule has 0 aliphatic heterocycles. The number of carboxylic acids is 1. The fraction of sp³-hybridized carbons (Fsp3) is 0.400. The van der Waals surface area contributed by atoms with Gasteiger partial charge in [-0.05, 0) is 18.6 Å². The Morgan fingerprint density at radius 1 is 1.53 bits per heavy atom. The highest BCUT2D eigenvalue weighted by Crippen LogP contribution is 2.11. The molecule has 2 aromatic heterocycles. The molecule has 0 saturated carbocycles. The summed E-state index contributed by atoms with van der Waals surface area (Å²) in [5, 5.41) is 20.7. The third-order valence-electron chi connectivity index (χ3n) is 2.29. The molecule has 2 aromatic rings. The van der Waals surface area contributed by atoms with Gasteiger partial charge in [-0.1, -0.05) is 6.92 Å². The van der Waals surface area contributed by atoms with Crippen LogP contribution in [0.1, 0.15) is 13.3 Å². The Balaban J connectivity index is 2.29. The first kappa shape index (κ1) is 11.3. The Morgan fingerprint density at radius 3 is 3.06 bits per heavy atom. The van der Waals surface area contributed by atoms with Crippen molar-refractivity contribution in [2.45, 2.75) is 13.3 Å². The van der Waals surface area contributed by atoms with Gasteiger partial charge in [0.2, 0.25) is 0 Å². The minimum absolute atomic E-state index is 0.0610. The lowest BCUT2D eigenvalue weighted by atomic mass is 10.3. The molecular weight excluding hydrogens is 222 g/mol. The highest BCUT2D eigenvalue weighted by Gasteiger charge is 2.11. The van der Waals surface area contributed by atoms with Crippen molar-refractivity contribution in [3.63, 3.8) is 0 Å². The van der Waals surface area contributed by atoms with E-state index in [2.05, 4.69) is 15.3 Å². The molecule has 0 amide bonds. The van der Waals surface area contributed by atoms with Gasteiger partial charge in [0.05, 0.1) is 0 Å². The second kappa shape index (κ2) is 4.77. The summed E-state index contributed by atoms with van der Waals surface area (Å²) in [6.07, 6.45) is 2.35. The molecule has 0 unspecified atom stereocenters. The van der Waals surface area contributed by atoms with E-state index in [0.29, 0.717) is 18.0 Å². The van der Waals surface area contributed by atoms with Crippen molar-refractivity contribution in [3.05, 3.63) is 18.5 Å². The fourth-order valence-electron chi connectivity index (χ4n) is 1.59. The molecule has 17 heavy (non-hydrogen) atoms. The Labute approximate surface area is 97.7 Å². The maximum Gasteiger partial charge on any atom is 0.323 e. The maximum absolute atomic E-state index is 10.8. The van der Waals surface area contributed by atoms with Crippen molar-refractivity contribution in [2.24, 2.45) is 0 Å². The molecule has 0 aromatic carbocycles. The van der Waals surface area contributed by atoms with E-state index in [-0.39, 0.29) is 6.54 Å². The standard InChI is InChI=1S/C10H13N5O2/c1-2-5-14(6-10(16)17)9-4-3-8-12-11-7-15(8)13-9/h3-4,7H,2,5-6H2,1H3,(H,16,17). The van der Waals surface area contributed by atoms with Crippen LogP contribution in [0.5, 0.6) is 0 Å². The van der Waals surface area contributed by atoms with E-state index in [1.165, 1.54) is 10.8 Å². The predicted molar refractivity (Wildman–Crippen MR) is 60.9 cm³/mol. The van der Waals surface area contributed by atoms with Crippen LogP contribution in [-0.2, 0) is 4.79 Å². The number of aliphatic carboxylic acids is 1. The Kier molecular flexibility index (Phi) is 3.17. The molecule has 0 aliphatic rings. The van der Waals surface area contributed by atoms with Gasteiger partial charge < -0.3 is 10.0 Å². The number of rotatable bonds is 5. The van der Waals surface area contributed by atoms with Gasteiger partial charge in [-0.25, -0.2) is 0 Å². The van der Waals surface area contributed by atoms with E-state index in [9.17, 15) is 4.79 Å². The molecule has 0 spiro atoms. The van der Waals surface area contributed by atoms with Crippen molar-refractivity contribution >= 4 is 17.4 Å². The molecule has 0 bridgehead atoms. The molecule has 0 aliphatic carbocycles. The van der Waals surface area contributed by atoms with E-state index in [1.54, 1.807) is 17.0 Å². The monoisotopic (exact) mass is 235 g/mol. The number of anilines is 1. The van der Waals surface area contributed by atoms with Gasteiger partial charge in [0.25, 0.3) is 0 Å². The maximum atomic E-state index is 10.8. The summed E-state index contributed by atoms with van der Waals surface area (Å²) in [5.41, 5.74) is 0.639. The third-order valence-corrected chi connectivity index (χ3v) is 2.29. The van der Waals surface area contributed by atoms with Gasteiger partial charge in [0, 0.05) is 6.54 Å². The molecule has 2 rings (SSSR count). The number of aromatic nitrogens is 4. The van der Waals surface area contributed by atoms with Crippen molar-refractivity contribution in [1.29, 1.82) is 0 Å². The highest BCUT2D eigenvalue weighted by molar-refractivity contribution is 5.73. The summed E-state index contributed by atoms with van der Waals surface area (Å²) in [6, 6.07) is 3.52. The SMILES string of the molecule is CCCN(CC(=O)O)c1ccc2nncn2n1. The summed E-state index contributed by atoms with van der Waals surface area (Å²) in [7, 11) is 0. The van der Waals surface area contributed by atoms with Crippen molar-refractivity contribution in [1.82, 2.24) is 19.8 Å². The van der Waals surface area contributed by atoms with Crippen molar-refractivity contribution in [2.75, 3.05) is 18.0 Å². The van der Waals surface area contributed by atoms with Crippen molar-refractivity contribution < 1.29 is 9.90 Å². The van der Waals surface area contributed by atoms with E-state index >= 15 is 0 Å². The van der Waals surface area contributed by atoms with Crippen LogP contribution in [0.25, 0.3) is 5.65 Å². The molecule has 0 atom stereocenters. The molecular formula is C10H13N5O2. The van der Waals surface area contributed by atoms with E-state index in [1.807, 2.05) is 6.92 Å². The van der Waals surface area contributed by atoms with E-state index in [4.69, 9.17) is 5.11 Å². The van der Waals surface area contributed by atoms with Gasteiger partial charge in [0.1, 0.15) is 18.7 Å². The number of carbonyl (C=O) groups is 1. The molecule has 90 valence electrons. The van der Waals surface area contributed by atoms with Crippen molar-refractivity contribution in [3.8, 4) is 0 Å². The number of hydrogen-bond acceptors (Lipinski definition) is 5. The van der Waals surface area contributed by atoms with Gasteiger partial charge in [-0.3, -0.25) is 4.79 Å². The Bertz CT molecular complexity index is 524. The Hall–Kier alpha value is -2.18. The van der Waals surface area contributed by atoms with Crippen LogP contribution in [-0.4, -0.2) is 44.0 Å². The average Bonchev–Trinajstić information content (AvgIpc) is 2.74. The molecule has 0 radical (unpaired) electrons. The van der Waals surface area contributed by atoms with Crippen LogP contribution in [0, 0.1) is 0 Å². The molecule has 1 N–H and O–H groups in total. The third kappa shape index (κ3) is 2.49. The summed E-state index contributed by atoms with van der Waals surface area (Å²) in [6.45, 7) is 2.58. The lowest BCUT2D eigenvalue weighted by Gasteiger charge is -2.20. The largest absolute Gasteiger partial charge is 0.480 e. The minimum atomic E-state index is -0.871. The topological polar surface area (TPSA) is 83.6 Å².